The lowest BCUT2D eigenvalue weighted by Crippen LogP contribution is -2.53. The van der Waals surface area contributed by atoms with Crippen molar-refractivity contribution in [1.82, 2.24) is 20.1 Å². The number of esters is 1. The van der Waals surface area contributed by atoms with Gasteiger partial charge in [-0.25, -0.2) is 4.79 Å². The van der Waals surface area contributed by atoms with E-state index in [1.807, 2.05) is 67.7 Å². The van der Waals surface area contributed by atoms with Crippen LogP contribution in [0.4, 0.5) is 0 Å². The molecule has 0 saturated carbocycles. The number of aromatic amines is 1. The summed E-state index contributed by atoms with van der Waals surface area (Å²) in [4.78, 5) is 59.1. The quantitative estimate of drug-likeness (QED) is 0.310. The minimum absolute atomic E-state index is 0.136. The van der Waals surface area contributed by atoms with Gasteiger partial charge < -0.3 is 24.8 Å². The van der Waals surface area contributed by atoms with Crippen LogP contribution in [0.1, 0.15) is 50.2 Å². The molecular weight excluding hydrogens is 520 g/mol. The predicted octanol–water partition coefficient (Wildman–Crippen LogP) is 3.62. The predicted molar refractivity (Wildman–Crippen MR) is 157 cm³/mol. The molecule has 0 unspecified atom stereocenters. The highest BCUT2D eigenvalue weighted by molar-refractivity contribution is 5.94. The van der Waals surface area contributed by atoms with Crippen LogP contribution in [0.25, 0.3) is 10.9 Å². The molecule has 2 aromatic carbocycles. The number of para-hydroxylation sites is 1. The van der Waals surface area contributed by atoms with E-state index in [1.54, 1.807) is 0 Å². The maximum atomic E-state index is 14.0. The number of H-pyrrole nitrogens is 1. The Morgan fingerprint density at radius 1 is 1.10 bits per heavy atom. The fourth-order valence-electron chi connectivity index (χ4n) is 5.46. The monoisotopic (exact) mass is 560 g/mol. The van der Waals surface area contributed by atoms with Gasteiger partial charge in [-0.05, 0) is 42.9 Å². The summed E-state index contributed by atoms with van der Waals surface area (Å²) in [5, 5.41) is 3.94. The van der Waals surface area contributed by atoms with Crippen LogP contribution in [0, 0.1) is 0 Å². The van der Waals surface area contributed by atoms with Crippen molar-refractivity contribution in [3.05, 3.63) is 71.9 Å². The van der Waals surface area contributed by atoms with E-state index in [4.69, 9.17) is 4.74 Å². The van der Waals surface area contributed by atoms with Crippen LogP contribution >= 0.6 is 0 Å². The first-order valence-electron chi connectivity index (χ1n) is 14.5. The second-order valence-corrected chi connectivity index (χ2v) is 10.6. The molecule has 0 spiro atoms. The zero-order valence-electron chi connectivity index (χ0n) is 23.9. The largest absolute Gasteiger partial charge is 0.467 e. The summed E-state index contributed by atoms with van der Waals surface area (Å²) in [6.45, 7) is 2.62. The Labute approximate surface area is 241 Å². The van der Waals surface area contributed by atoms with Gasteiger partial charge >= 0.3 is 5.97 Å². The number of nitrogens with zero attached hydrogens (tertiary/aromatic N) is 2. The summed E-state index contributed by atoms with van der Waals surface area (Å²) >= 11 is 0. The van der Waals surface area contributed by atoms with E-state index in [0.29, 0.717) is 38.8 Å². The van der Waals surface area contributed by atoms with Gasteiger partial charge in [0.25, 0.3) is 0 Å². The Morgan fingerprint density at radius 3 is 2.61 bits per heavy atom. The molecular formula is C32H40N4O5. The van der Waals surface area contributed by atoms with E-state index in [0.717, 1.165) is 34.9 Å². The molecule has 9 nitrogen and oxygen atoms in total. The van der Waals surface area contributed by atoms with Gasteiger partial charge in [-0.3, -0.25) is 14.4 Å². The topological polar surface area (TPSA) is 112 Å². The minimum atomic E-state index is -0.758. The third-order valence-corrected chi connectivity index (χ3v) is 7.70. The molecule has 2 heterocycles. The van der Waals surface area contributed by atoms with Gasteiger partial charge in [0.2, 0.25) is 17.7 Å². The molecule has 0 aliphatic carbocycles. The van der Waals surface area contributed by atoms with Crippen molar-refractivity contribution in [3.8, 4) is 0 Å². The summed E-state index contributed by atoms with van der Waals surface area (Å²) < 4.78 is 4.91. The summed E-state index contributed by atoms with van der Waals surface area (Å²) in [7, 11) is 1.32. The Bertz CT molecular complexity index is 1340. The van der Waals surface area contributed by atoms with Crippen LogP contribution in [-0.4, -0.2) is 77.3 Å². The number of benzene rings is 2. The number of methoxy groups -OCH3 is 1. The highest BCUT2D eigenvalue weighted by Crippen LogP contribution is 2.20. The molecule has 1 aliphatic heterocycles. The average molecular weight is 561 g/mol. The molecule has 9 heteroatoms. The van der Waals surface area contributed by atoms with Crippen molar-refractivity contribution in [2.75, 3.05) is 26.7 Å². The van der Waals surface area contributed by atoms with Crippen LogP contribution in [-0.2, 0) is 36.8 Å². The van der Waals surface area contributed by atoms with Crippen LogP contribution in [0.15, 0.2) is 60.8 Å². The number of carbonyl (C=O) groups excluding carboxylic acids is 4. The molecule has 1 saturated heterocycles. The molecule has 218 valence electrons. The molecule has 1 fully saturated rings. The van der Waals surface area contributed by atoms with Gasteiger partial charge in [0.15, 0.2) is 0 Å². The van der Waals surface area contributed by atoms with Crippen molar-refractivity contribution in [1.29, 1.82) is 0 Å². The minimum Gasteiger partial charge on any atom is -0.467 e. The first-order chi connectivity index (χ1) is 19.9. The van der Waals surface area contributed by atoms with Crippen LogP contribution in [0.2, 0.25) is 0 Å². The van der Waals surface area contributed by atoms with Crippen molar-refractivity contribution < 1.29 is 23.9 Å². The van der Waals surface area contributed by atoms with Gasteiger partial charge in [-0.1, -0.05) is 68.3 Å². The standard InChI is InChI=1S/C32H40N4O5/c1-3-4-14-27(34-29(37)20-24-21-33-26-15-9-8-13-25(24)26)31(39)35(19-17-23-11-6-5-7-12-23)22-30(38)36-18-10-16-28(36)32(40)41-2/h5-9,11-13,15,21,27-28,33H,3-4,10,14,16-20,22H2,1-2H3,(H,34,37)/t27-,28-/m1/s1. The second kappa shape index (κ2) is 14.5. The molecule has 3 amide bonds. The zero-order valence-corrected chi connectivity index (χ0v) is 23.9. The molecule has 41 heavy (non-hydrogen) atoms. The molecule has 2 N–H and O–H groups in total. The summed E-state index contributed by atoms with van der Waals surface area (Å²) in [6, 6.07) is 16.2. The van der Waals surface area contributed by atoms with Crippen LogP contribution < -0.4 is 5.32 Å². The zero-order chi connectivity index (χ0) is 29.2. The Hall–Kier alpha value is -4.14. The summed E-state index contributed by atoms with van der Waals surface area (Å²) in [5.41, 5.74) is 2.85. The van der Waals surface area contributed by atoms with E-state index < -0.39 is 18.1 Å². The molecule has 0 bridgehead atoms. The number of likely N-dealkylation sites (tertiary alicyclic amines) is 1. The van der Waals surface area contributed by atoms with Gasteiger partial charge in [0, 0.05) is 30.2 Å². The number of amides is 3. The van der Waals surface area contributed by atoms with E-state index in [9.17, 15) is 19.2 Å². The summed E-state index contributed by atoms with van der Waals surface area (Å²) in [6.07, 6.45) is 5.85. The number of unbranched alkanes of at least 4 members (excludes halogenated alkanes) is 1. The Balaban J connectivity index is 1.50. The average Bonchev–Trinajstić information content (AvgIpc) is 3.65. The highest BCUT2D eigenvalue weighted by atomic mass is 16.5. The molecule has 4 rings (SSSR count). The fraction of sp³-hybridized carbons (Fsp3) is 0.438. The third-order valence-electron chi connectivity index (χ3n) is 7.70. The number of hydrogen-bond donors (Lipinski definition) is 2. The van der Waals surface area contributed by atoms with E-state index in [-0.39, 0.29) is 30.7 Å². The molecule has 2 atom stereocenters. The van der Waals surface area contributed by atoms with E-state index >= 15 is 0 Å². The summed E-state index contributed by atoms with van der Waals surface area (Å²) in [5.74, 6) is -1.27. The maximum Gasteiger partial charge on any atom is 0.328 e. The lowest BCUT2D eigenvalue weighted by Gasteiger charge is -2.30. The highest BCUT2D eigenvalue weighted by Gasteiger charge is 2.36. The fourth-order valence-corrected chi connectivity index (χ4v) is 5.46. The molecule has 1 aliphatic rings. The first-order valence-corrected chi connectivity index (χ1v) is 14.5. The first kappa shape index (κ1) is 29.8. The number of fused-ring (bicyclic) bond motifs is 1. The molecule has 0 radical (unpaired) electrons. The van der Waals surface area contributed by atoms with Crippen molar-refractivity contribution in [3.63, 3.8) is 0 Å². The van der Waals surface area contributed by atoms with E-state index in [1.165, 1.54) is 16.9 Å². The number of rotatable bonds is 13. The number of ether oxygens (including phenoxy) is 1. The number of carbonyl (C=O) groups is 4. The van der Waals surface area contributed by atoms with Gasteiger partial charge in [-0.2, -0.15) is 0 Å². The maximum absolute atomic E-state index is 14.0. The van der Waals surface area contributed by atoms with Crippen molar-refractivity contribution in [2.24, 2.45) is 0 Å². The van der Waals surface area contributed by atoms with Gasteiger partial charge in [-0.15, -0.1) is 0 Å². The smallest absolute Gasteiger partial charge is 0.328 e. The SMILES string of the molecule is CCCC[C@@H](NC(=O)Cc1c[nH]c2ccccc12)C(=O)N(CCc1ccccc1)CC(=O)N1CCC[C@@H]1C(=O)OC. The second-order valence-electron chi connectivity index (χ2n) is 10.6. The third kappa shape index (κ3) is 7.74. The number of hydrogen-bond acceptors (Lipinski definition) is 5. The van der Waals surface area contributed by atoms with Crippen LogP contribution in [0.5, 0.6) is 0 Å². The molecule has 3 aromatic rings. The van der Waals surface area contributed by atoms with Gasteiger partial charge in [0.1, 0.15) is 12.1 Å². The lowest BCUT2D eigenvalue weighted by molar-refractivity contribution is -0.152. The normalized spacial score (nSPS) is 15.5. The lowest BCUT2D eigenvalue weighted by atomic mass is 10.1. The Morgan fingerprint density at radius 2 is 1.85 bits per heavy atom. The van der Waals surface area contributed by atoms with Gasteiger partial charge in [0.05, 0.1) is 20.1 Å². The van der Waals surface area contributed by atoms with Crippen molar-refractivity contribution in [2.45, 2.75) is 64.0 Å². The van der Waals surface area contributed by atoms with Crippen LogP contribution in [0.3, 0.4) is 0 Å². The Kier molecular flexibility index (Phi) is 10.5. The number of aromatic nitrogens is 1. The van der Waals surface area contributed by atoms with E-state index in [2.05, 4.69) is 10.3 Å². The van der Waals surface area contributed by atoms with Crippen molar-refractivity contribution >= 4 is 34.6 Å². The molecule has 1 aromatic heterocycles. The number of nitrogens with one attached hydrogen (secondary N) is 2.